The van der Waals surface area contributed by atoms with Crippen LogP contribution in [0.1, 0.15) is 0 Å². The van der Waals surface area contributed by atoms with E-state index < -0.39 is 24.0 Å². The van der Waals surface area contributed by atoms with Crippen molar-refractivity contribution in [3.8, 4) is 0 Å². The highest BCUT2D eigenvalue weighted by Crippen LogP contribution is 2.36. The minimum Gasteiger partial charge on any atom is -0.481 e. The van der Waals surface area contributed by atoms with Gasteiger partial charge in [-0.2, -0.15) is 13.2 Å². The van der Waals surface area contributed by atoms with Gasteiger partial charge in [0, 0.05) is 13.1 Å². The molecule has 1 saturated heterocycles. The molecule has 0 bridgehead atoms. The van der Waals surface area contributed by atoms with Crippen LogP contribution in [-0.4, -0.2) is 42.3 Å². The molecule has 1 heterocycles. The molecule has 0 spiro atoms. The highest BCUT2D eigenvalue weighted by Gasteiger charge is 2.51. The molecule has 1 N–H and O–H groups in total. The third-order valence-corrected chi connectivity index (χ3v) is 2.24. The highest BCUT2D eigenvalue weighted by atomic mass is 35.5. The van der Waals surface area contributed by atoms with E-state index in [1.807, 2.05) is 0 Å². The summed E-state index contributed by atoms with van der Waals surface area (Å²) in [6.45, 7) is -0.250. The molecule has 1 aliphatic rings. The van der Waals surface area contributed by atoms with Crippen molar-refractivity contribution in [2.75, 3.05) is 20.1 Å². The van der Waals surface area contributed by atoms with Crippen LogP contribution in [0.5, 0.6) is 0 Å². The van der Waals surface area contributed by atoms with Crippen LogP contribution in [0.3, 0.4) is 0 Å². The summed E-state index contributed by atoms with van der Waals surface area (Å²) in [4.78, 5) is 11.9. The third kappa shape index (κ3) is 2.75. The van der Waals surface area contributed by atoms with Crippen molar-refractivity contribution < 1.29 is 23.1 Å². The first-order chi connectivity index (χ1) is 5.82. The lowest BCUT2D eigenvalue weighted by Crippen LogP contribution is -2.33. The number of hydrogen-bond donors (Lipinski definition) is 1. The lowest BCUT2D eigenvalue weighted by atomic mass is 9.96. The van der Waals surface area contributed by atoms with Gasteiger partial charge < -0.3 is 10.0 Å². The number of hydrogen-bond acceptors (Lipinski definition) is 2. The molecule has 2 atom stereocenters. The number of likely N-dealkylation sites (tertiary alicyclic amines) is 1. The molecule has 0 radical (unpaired) electrons. The van der Waals surface area contributed by atoms with Crippen LogP contribution in [0.15, 0.2) is 0 Å². The van der Waals surface area contributed by atoms with Crippen molar-refractivity contribution in [2.24, 2.45) is 11.8 Å². The van der Waals surface area contributed by atoms with Gasteiger partial charge >= 0.3 is 12.1 Å². The third-order valence-electron chi connectivity index (χ3n) is 2.24. The predicted octanol–water partition coefficient (Wildman–Crippen LogP) is 1.23. The number of alkyl halides is 3. The first-order valence-corrected chi connectivity index (χ1v) is 3.80. The Hall–Kier alpha value is -0.490. The summed E-state index contributed by atoms with van der Waals surface area (Å²) >= 11 is 0. The zero-order chi connectivity index (χ0) is 10.2. The minimum atomic E-state index is -4.41. The summed E-state index contributed by atoms with van der Waals surface area (Å²) in [5.41, 5.74) is 0. The molecule has 0 aromatic heterocycles. The van der Waals surface area contributed by atoms with Crippen molar-refractivity contribution in [1.29, 1.82) is 0 Å². The fourth-order valence-corrected chi connectivity index (χ4v) is 1.58. The summed E-state index contributed by atoms with van der Waals surface area (Å²) in [7, 11) is 1.49. The minimum absolute atomic E-state index is 0. The second-order valence-electron chi connectivity index (χ2n) is 3.31. The topological polar surface area (TPSA) is 40.5 Å². The fourth-order valence-electron chi connectivity index (χ4n) is 1.58. The average Bonchev–Trinajstić information content (AvgIpc) is 2.29. The molecule has 14 heavy (non-hydrogen) atoms. The van der Waals surface area contributed by atoms with E-state index >= 15 is 0 Å². The maximum atomic E-state index is 12.3. The van der Waals surface area contributed by atoms with E-state index in [2.05, 4.69) is 0 Å². The van der Waals surface area contributed by atoms with Gasteiger partial charge in [0.05, 0.1) is 11.8 Å². The lowest BCUT2D eigenvalue weighted by molar-refractivity contribution is -0.188. The van der Waals surface area contributed by atoms with Gasteiger partial charge in [-0.3, -0.25) is 4.79 Å². The molecule has 0 saturated carbocycles. The predicted molar refractivity (Wildman–Crippen MR) is 45.4 cm³/mol. The Morgan fingerprint density at radius 3 is 2.21 bits per heavy atom. The van der Waals surface area contributed by atoms with Gasteiger partial charge in [-0.15, -0.1) is 12.4 Å². The van der Waals surface area contributed by atoms with E-state index in [0.29, 0.717) is 0 Å². The molecule has 84 valence electrons. The number of carboxylic acids is 1. The monoisotopic (exact) mass is 233 g/mol. The molecule has 0 aliphatic carbocycles. The van der Waals surface area contributed by atoms with Crippen LogP contribution in [-0.2, 0) is 4.79 Å². The van der Waals surface area contributed by atoms with Gasteiger partial charge in [0.25, 0.3) is 0 Å². The summed E-state index contributed by atoms with van der Waals surface area (Å²) in [5.74, 6) is -4.41. The molecular weight excluding hydrogens is 223 g/mol. The highest BCUT2D eigenvalue weighted by molar-refractivity contribution is 5.85. The maximum absolute atomic E-state index is 12.3. The van der Waals surface area contributed by atoms with E-state index in [1.54, 1.807) is 0 Å². The Balaban J connectivity index is 0.00000169. The first-order valence-electron chi connectivity index (χ1n) is 3.80. The Morgan fingerprint density at radius 1 is 1.43 bits per heavy atom. The largest absolute Gasteiger partial charge is 0.481 e. The van der Waals surface area contributed by atoms with Crippen LogP contribution in [0.25, 0.3) is 0 Å². The van der Waals surface area contributed by atoms with Gasteiger partial charge in [0.1, 0.15) is 0 Å². The molecule has 7 heteroatoms. The van der Waals surface area contributed by atoms with Crippen molar-refractivity contribution in [3.63, 3.8) is 0 Å². The van der Waals surface area contributed by atoms with E-state index in [0.717, 1.165) is 0 Å². The Labute approximate surface area is 85.3 Å². The normalized spacial score (nSPS) is 28.6. The number of aliphatic carboxylic acids is 1. The van der Waals surface area contributed by atoms with Gasteiger partial charge in [0.2, 0.25) is 0 Å². The van der Waals surface area contributed by atoms with E-state index in [9.17, 15) is 18.0 Å². The zero-order valence-corrected chi connectivity index (χ0v) is 8.23. The van der Waals surface area contributed by atoms with Crippen molar-refractivity contribution >= 4 is 18.4 Å². The molecule has 1 fully saturated rings. The van der Waals surface area contributed by atoms with Crippen LogP contribution in [0, 0.1) is 11.8 Å². The van der Waals surface area contributed by atoms with Gasteiger partial charge in [-0.05, 0) is 7.05 Å². The number of rotatable bonds is 1. The smallest absolute Gasteiger partial charge is 0.393 e. The average molecular weight is 234 g/mol. The fraction of sp³-hybridized carbons (Fsp3) is 0.857. The van der Waals surface area contributed by atoms with E-state index in [-0.39, 0.29) is 25.5 Å². The quantitative estimate of drug-likeness (QED) is 0.741. The SMILES string of the molecule is CN1C[C@H](C(=O)O)[C@@H](C(F)(F)F)C1.Cl. The summed E-state index contributed by atoms with van der Waals surface area (Å²) in [6, 6.07) is 0. The molecule has 0 aromatic rings. The van der Waals surface area contributed by atoms with Crippen LogP contribution >= 0.6 is 12.4 Å². The first kappa shape index (κ1) is 13.5. The molecule has 0 unspecified atom stereocenters. The van der Waals surface area contributed by atoms with Gasteiger partial charge in [-0.1, -0.05) is 0 Å². The van der Waals surface area contributed by atoms with Crippen LogP contribution < -0.4 is 0 Å². The van der Waals surface area contributed by atoms with Gasteiger partial charge in [0.15, 0.2) is 0 Å². The second kappa shape index (κ2) is 4.35. The Kier molecular flexibility index (Phi) is 4.20. The molecule has 1 aliphatic heterocycles. The van der Waals surface area contributed by atoms with E-state index in [4.69, 9.17) is 5.11 Å². The Bertz CT molecular complexity index is 221. The van der Waals surface area contributed by atoms with Crippen molar-refractivity contribution in [3.05, 3.63) is 0 Å². The van der Waals surface area contributed by atoms with Crippen molar-refractivity contribution in [1.82, 2.24) is 4.90 Å². The molecule has 1 rings (SSSR count). The lowest BCUT2D eigenvalue weighted by Gasteiger charge is -2.17. The van der Waals surface area contributed by atoms with Crippen LogP contribution in [0.2, 0.25) is 0 Å². The molecule has 0 aromatic carbocycles. The molecular formula is C7H11ClF3NO2. The summed E-state index contributed by atoms with van der Waals surface area (Å²) in [6.07, 6.45) is -4.41. The number of carboxylic acid groups (broad SMARTS) is 1. The van der Waals surface area contributed by atoms with E-state index in [1.165, 1.54) is 11.9 Å². The molecule has 3 nitrogen and oxygen atoms in total. The summed E-state index contributed by atoms with van der Waals surface area (Å²) in [5, 5.41) is 8.54. The zero-order valence-electron chi connectivity index (χ0n) is 7.41. The molecule has 0 amide bonds. The van der Waals surface area contributed by atoms with Crippen molar-refractivity contribution in [2.45, 2.75) is 6.18 Å². The standard InChI is InChI=1S/C7H10F3NO2.ClH/c1-11-2-4(6(12)13)5(3-11)7(8,9)10;/h4-5H,2-3H2,1H3,(H,12,13);1H/t4-,5-;/m0./s1. The van der Waals surface area contributed by atoms with Gasteiger partial charge in [-0.25, -0.2) is 0 Å². The number of halogens is 4. The summed E-state index contributed by atoms with van der Waals surface area (Å²) < 4.78 is 36.8. The number of nitrogens with zero attached hydrogens (tertiary/aromatic N) is 1. The second-order valence-corrected chi connectivity index (χ2v) is 3.31. The van der Waals surface area contributed by atoms with Crippen LogP contribution in [0.4, 0.5) is 13.2 Å². The maximum Gasteiger partial charge on any atom is 0.393 e. The Morgan fingerprint density at radius 2 is 1.93 bits per heavy atom. The number of carbonyl (C=O) groups is 1.